The first-order valence-corrected chi connectivity index (χ1v) is 8.30. The van der Waals surface area contributed by atoms with Crippen LogP contribution in [-0.2, 0) is 4.79 Å². The van der Waals surface area contributed by atoms with Gasteiger partial charge in [-0.05, 0) is 31.5 Å². The third-order valence-electron chi connectivity index (χ3n) is 3.19. The van der Waals surface area contributed by atoms with Crippen molar-refractivity contribution in [3.63, 3.8) is 0 Å². The number of rotatable bonds is 5. The van der Waals surface area contributed by atoms with E-state index in [9.17, 15) is 4.79 Å². The van der Waals surface area contributed by atoms with Crippen LogP contribution in [0.25, 0.3) is 0 Å². The molecule has 0 radical (unpaired) electrons. The van der Waals surface area contributed by atoms with Crippen LogP contribution < -0.4 is 10.6 Å². The van der Waals surface area contributed by atoms with Crippen LogP contribution in [0.5, 0.6) is 0 Å². The molecule has 1 unspecified atom stereocenters. The summed E-state index contributed by atoms with van der Waals surface area (Å²) in [6.07, 6.45) is 2.76. The molecule has 0 spiro atoms. The molecule has 1 aromatic rings. The Hall–Kier alpha value is -0.710. The molecule has 20 heavy (non-hydrogen) atoms. The summed E-state index contributed by atoms with van der Waals surface area (Å²) in [5.74, 6) is 0.0530. The summed E-state index contributed by atoms with van der Waals surface area (Å²) in [6, 6.07) is 5.96. The molecular formula is C15H21ClN2OS. The fraction of sp³-hybridized carbons (Fsp3) is 0.533. The van der Waals surface area contributed by atoms with Crippen LogP contribution >= 0.6 is 23.4 Å². The van der Waals surface area contributed by atoms with E-state index in [1.807, 2.05) is 18.2 Å². The average Bonchev–Trinajstić information content (AvgIpc) is 2.86. The number of thioether (sulfide) groups is 1. The zero-order valence-electron chi connectivity index (χ0n) is 11.9. The van der Waals surface area contributed by atoms with Crippen LogP contribution in [0, 0.1) is 0 Å². The number of amides is 1. The van der Waals surface area contributed by atoms with E-state index in [1.54, 1.807) is 11.8 Å². The number of hydrogen-bond donors (Lipinski definition) is 2. The number of anilines is 1. The Balaban J connectivity index is 2.03. The second-order valence-electron chi connectivity index (χ2n) is 5.33. The van der Waals surface area contributed by atoms with Crippen LogP contribution in [0.15, 0.2) is 23.1 Å². The van der Waals surface area contributed by atoms with Gasteiger partial charge in [0.05, 0.1) is 10.7 Å². The fourth-order valence-corrected chi connectivity index (χ4v) is 3.52. The molecule has 3 nitrogen and oxygen atoms in total. The molecule has 1 aliphatic rings. The highest BCUT2D eigenvalue weighted by Crippen LogP contribution is 2.36. The third kappa shape index (κ3) is 4.40. The van der Waals surface area contributed by atoms with E-state index in [4.69, 9.17) is 11.6 Å². The maximum Gasteiger partial charge on any atom is 0.225 e. The van der Waals surface area contributed by atoms with Gasteiger partial charge in [0.2, 0.25) is 5.91 Å². The van der Waals surface area contributed by atoms with E-state index in [1.165, 1.54) is 0 Å². The van der Waals surface area contributed by atoms with Crippen LogP contribution in [0.1, 0.15) is 33.1 Å². The van der Waals surface area contributed by atoms with E-state index < -0.39 is 0 Å². The number of halogens is 1. The Labute approximate surface area is 129 Å². The molecule has 0 aromatic heterocycles. The van der Waals surface area contributed by atoms with Gasteiger partial charge in [0.1, 0.15) is 0 Å². The average molecular weight is 313 g/mol. The summed E-state index contributed by atoms with van der Waals surface area (Å²) >= 11 is 7.92. The molecular weight excluding hydrogens is 292 g/mol. The maximum absolute atomic E-state index is 12.1. The zero-order valence-corrected chi connectivity index (χ0v) is 13.5. The predicted octanol–water partition coefficient (Wildman–Crippen LogP) is 3.92. The van der Waals surface area contributed by atoms with Gasteiger partial charge in [0.15, 0.2) is 0 Å². The van der Waals surface area contributed by atoms with Crippen LogP contribution in [0.3, 0.4) is 0 Å². The summed E-state index contributed by atoms with van der Waals surface area (Å²) in [6.45, 7) is 5.24. The highest BCUT2D eigenvalue weighted by molar-refractivity contribution is 8.00. The Morgan fingerprint density at radius 3 is 3.00 bits per heavy atom. The molecule has 1 fully saturated rings. The van der Waals surface area contributed by atoms with Gasteiger partial charge in [-0.15, -0.1) is 11.8 Å². The first kappa shape index (κ1) is 15.7. The zero-order chi connectivity index (χ0) is 14.5. The van der Waals surface area contributed by atoms with Crippen LogP contribution in [0.2, 0.25) is 5.02 Å². The van der Waals surface area contributed by atoms with Gasteiger partial charge >= 0.3 is 0 Å². The maximum atomic E-state index is 12.1. The van der Waals surface area contributed by atoms with Gasteiger partial charge < -0.3 is 10.6 Å². The van der Waals surface area contributed by atoms with Crippen LogP contribution in [0.4, 0.5) is 5.69 Å². The van der Waals surface area contributed by atoms with Crippen molar-refractivity contribution in [2.75, 3.05) is 11.9 Å². The first-order chi connectivity index (χ1) is 9.56. The van der Waals surface area contributed by atoms with E-state index >= 15 is 0 Å². The molecule has 1 aromatic carbocycles. The normalized spacial score (nSPS) is 18.5. The lowest BCUT2D eigenvalue weighted by molar-refractivity contribution is -0.116. The lowest BCUT2D eigenvalue weighted by atomic mass is 10.1. The Morgan fingerprint density at radius 2 is 2.35 bits per heavy atom. The number of hydrogen-bond acceptors (Lipinski definition) is 3. The first-order valence-electron chi connectivity index (χ1n) is 7.04. The molecule has 1 aliphatic heterocycles. The molecule has 110 valence electrons. The molecule has 5 heteroatoms. The Morgan fingerprint density at radius 1 is 1.55 bits per heavy atom. The third-order valence-corrected chi connectivity index (χ3v) is 4.76. The van der Waals surface area contributed by atoms with Gasteiger partial charge in [-0.25, -0.2) is 0 Å². The van der Waals surface area contributed by atoms with E-state index in [0.29, 0.717) is 22.7 Å². The summed E-state index contributed by atoms with van der Waals surface area (Å²) in [5.41, 5.74) is 0.819. The SMILES string of the molecule is CC(C)Sc1c(Cl)cccc1NC(=O)CC1CCCN1. The van der Waals surface area contributed by atoms with Gasteiger partial charge in [-0.2, -0.15) is 0 Å². The highest BCUT2D eigenvalue weighted by atomic mass is 35.5. The van der Waals surface area contributed by atoms with Crippen molar-refractivity contribution in [3.8, 4) is 0 Å². The minimum absolute atomic E-state index is 0.0530. The molecule has 0 bridgehead atoms. The minimum Gasteiger partial charge on any atom is -0.325 e. The van der Waals surface area contributed by atoms with Crippen molar-refractivity contribution < 1.29 is 4.79 Å². The van der Waals surface area contributed by atoms with Crippen molar-refractivity contribution >= 4 is 35.0 Å². The Kier molecular flexibility index (Phi) is 5.75. The number of carbonyl (C=O) groups excluding carboxylic acids is 1. The van der Waals surface area contributed by atoms with Gasteiger partial charge in [-0.3, -0.25) is 4.79 Å². The topological polar surface area (TPSA) is 41.1 Å². The van der Waals surface area contributed by atoms with Crippen molar-refractivity contribution in [2.45, 2.75) is 49.3 Å². The summed E-state index contributed by atoms with van der Waals surface area (Å²) in [7, 11) is 0. The van der Waals surface area contributed by atoms with E-state index in [0.717, 1.165) is 30.0 Å². The second-order valence-corrected chi connectivity index (χ2v) is 7.32. The second kappa shape index (κ2) is 7.34. The summed E-state index contributed by atoms with van der Waals surface area (Å²) in [5, 5.41) is 7.45. The molecule has 1 saturated heterocycles. The van der Waals surface area contributed by atoms with Crippen molar-refractivity contribution in [2.24, 2.45) is 0 Å². The standard InChI is InChI=1S/C15H21ClN2OS/c1-10(2)20-15-12(16)6-3-7-13(15)18-14(19)9-11-5-4-8-17-11/h3,6-7,10-11,17H,4-5,8-9H2,1-2H3,(H,18,19). The molecule has 0 aliphatic carbocycles. The van der Waals surface area contributed by atoms with Crippen LogP contribution in [-0.4, -0.2) is 23.7 Å². The lowest BCUT2D eigenvalue weighted by Gasteiger charge is -2.15. The van der Waals surface area contributed by atoms with E-state index in [-0.39, 0.29) is 5.91 Å². The van der Waals surface area contributed by atoms with Gasteiger partial charge in [-0.1, -0.05) is 31.5 Å². The summed E-state index contributed by atoms with van der Waals surface area (Å²) < 4.78 is 0. The predicted molar refractivity (Wildman–Crippen MR) is 86.7 cm³/mol. The Bertz CT molecular complexity index is 473. The van der Waals surface area contributed by atoms with Gasteiger partial charge in [0, 0.05) is 22.6 Å². The quantitative estimate of drug-likeness (QED) is 0.810. The van der Waals surface area contributed by atoms with E-state index in [2.05, 4.69) is 24.5 Å². The van der Waals surface area contributed by atoms with Crippen molar-refractivity contribution in [1.82, 2.24) is 5.32 Å². The molecule has 1 amide bonds. The summed E-state index contributed by atoms with van der Waals surface area (Å²) in [4.78, 5) is 13.1. The number of nitrogens with one attached hydrogen (secondary N) is 2. The van der Waals surface area contributed by atoms with Crippen molar-refractivity contribution in [1.29, 1.82) is 0 Å². The molecule has 2 N–H and O–H groups in total. The number of benzene rings is 1. The lowest BCUT2D eigenvalue weighted by Crippen LogP contribution is -2.27. The molecule has 2 rings (SSSR count). The monoisotopic (exact) mass is 312 g/mol. The highest BCUT2D eigenvalue weighted by Gasteiger charge is 2.19. The molecule has 1 atom stereocenters. The van der Waals surface area contributed by atoms with Crippen molar-refractivity contribution in [3.05, 3.63) is 23.2 Å². The largest absolute Gasteiger partial charge is 0.325 e. The molecule has 1 heterocycles. The van der Waals surface area contributed by atoms with Gasteiger partial charge in [0.25, 0.3) is 0 Å². The smallest absolute Gasteiger partial charge is 0.225 e. The molecule has 0 saturated carbocycles. The number of carbonyl (C=O) groups is 1. The fourth-order valence-electron chi connectivity index (χ4n) is 2.32. The minimum atomic E-state index is 0.0530.